The molecule has 0 saturated heterocycles. The van der Waals surface area contributed by atoms with Crippen molar-refractivity contribution < 1.29 is 19.1 Å². The quantitative estimate of drug-likeness (QED) is 0.454. The summed E-state index contributed by atoms with van der Waals surface area (Å²) in [4.78, 5) is 28.2. The molecule has 2 amide bonds. The number of hydrogen-bond acceptors (Lipinski definition) is 4. The van der Waals surface area contributed by atoms with Crippen LogP contribution in [0.4, 0.5) is 0 Å². The summed E-state index contributed by atoms with van der Waals surface area (Å²) >= 11 is 3.46. The first kappa shape index (κ1) is 26.1. The Kier molecular flexibility index (Phi) is 9.81. The van der Waals surface area contributed by atoms with E-state index in [9.17, 15) is 9.59 Å². The number of ether oxygens (including phenoxy) is 2. The molecular weight excluding hydrogens is 496 g/mol. The lowest BCUT2D eigenvalue weighted by Crippen LogP contribution is -2.50. The summed E-state index contributed by atoms with van der Waals surface area (Å²) in [6.45, 7) is 2.21. The largest absolute Gasteiger partial charge is 0.493 e. The number of hydrogen-bond donors (Lipinski definition) is 1. The SMILES string of the molecule is COc1ccc(CCC(=O)N(Cc2ccc(Br)cc2)[C@H](C)C(=O)NC2CCCCC2)cc1OC. The topological polar surface area (TPSA) is 67.9 Å². The van der Waals surface area contributed by atoms with Crippen LogP contribution in [0.15, 0.2) is 46.9 Å². The molecule has 2 aromatic rings. The van der Waals surface area contributed by atoms with Crippen molar-refractivity contribution in [1.82, 2.24) is 10.2 Å². The maximum absolute atomic E-state index is 13.4. The highest BCUT2D eigenvalue weighted by Crippen LogP contribution is 2.28. The second kappa shape index (κ2) is 12.8. The van der Waals surface area contributed by atoms with Crippen molar-refractivity contribution in [2.24, 2.45) is 0 Å². The van der Waals surface area contributed by atoms with Crippen molar-refractivity contribution in [3.05, 3.63) is 58.1 Å². The zero-order valence-electron chi connectivity index (χ0n) is 20.3. The summed E-state index contributed by atoms with van der Waals surface area (Å²) < 4.78 is 11.7. The van der Waals surface area contributed by atoms with E-state index in [0.717, 1.165) is 41.3 Å². The van der Waals surface area contributed by atoms with Gasteiger partial charge in [-0.05, 0) is 61.6 Å². The fourth-order valence-electron chi connectivity index (χ4n) is 4.37. The highest BCUT2D eigenvalue weighted by atomic mass is 79.9. The van der Waals surface area contributed by atoms with Gasteiger partial charge in [-0.25, -0.2) is 0 Å². The van der Waals surface area contributed by atoms with Crippen LogP contribution in [0, 0.1) is 0 Å². The van der Waals surface area contributed by atoms with Gasteiger partial charge in [0.05, 0.1) is 14.2 Å². The van der Waals surface area contributed by atoms with Crippen LogP contribution in [0.2, 0.25) is 0 Å². The van der Waals surface area contributed by atoms with Crippen molar-refractivity contribution in [3.8, 4) is 11.5 Å². The van der Waals surface area contributed by atoms with Crippen LogP contribution in [0.25, 0.3) is 0 Å². The summed E-state index contributed by atoms with van der Waals surface area (Å²) in [5.74, 6) is 1.16. The average molecular weight is 531 g/mol. The second-order valence-corrected chi connectivity index (χ2v) is 9.77. The number of amides is 2. The van der Waals surface area contributed by atoms with Crippen LogP contribution in [0.3, 0.4) is 0 Å². The van der Waals surface area contributed by atoms with Gasteiger partial charge >= 0.3 is 0 Å². The van der Waals surface area contributed by atoms with E-state index in [1.54, 1.807) is 19.1 Å². The van der Waals surface area contributed by atoms with Crippen molar-refractivity contribution in [2.75, 3.05) is 14.2 Å². The van der Waals surface area contributed by atoms with E-state index in [4.69, 9.17) is 9.47 Å². The van der Waals surface area contributed by atoms with E-state index in [1.165, 1.54) is 6.42 Å². The molecule has 2 aromatic carbocycles. The van der Waals surface area contributed by atoms with Crippen LogP contribution in [0.1, 0.15) is 56.6 Å². The number of carbonyl (C=O) groups excluding carboxylic acids is 2. The number of benzene rings is 2. The Hall–Kier alpha value is -2.54. The number of methoxy groups -OCH3 is 2. The summed E-state index contributed by atoms with van der Waals surface area (Å²) in [5, 5.41) is 3.18. The summed E-state index contributed by atoms with van der Waals surface area (Å²) in [6, 6.07) is 13.2. The molecule has 0 heterocycles. The third-order valence-electron chi connectivity index (χ3n) is 6.46. The van der Waals surface area contributed by atoms with Crippen molar-refractivity contribution in [1.29, 1.82) is 0 Å². The predicted molar refractivity (Wildman–Crippen MR) is 137 cm³/mol. The van der Waals surface area contributed by atoms with Crippen LogP contribution >= 0.6 is 15.9 Å². The molecule has 1 fully saturated rings. The lowest BCUT2D eigenvalue weighted by molar-refractivity contribution is -0.141. The first-order valence-electron chi connectivity index (χ1n) is 12.0. The van der Waals surface area contributed by atoms with Crippen molar-refractivity contribution >= 4 is 27.7 Å². The van der Waals surface area contributed by atoms with Gasteiger partial charge in [0.25, 0.3) is 0 Å². The molecule has 1 saturated carbocycles. The number of halogens is 1. The predicted octanol–water partition coefficient (Wildman–Crippen LogP) is 5.27. The Morgan fingerprint density at radius 3 is 2.29 bits per heavy atom. The molecule has 184 valence electrons. The number of rotatable bonds is 10. The molecular formula is C27H35BrN2O4. The van der Waals surface area contributed by atoms with Gasteiger partial charge in [-0.2, -0.15) is 0 Å². The average Bonchev–Trinajstić information content (AvgIpc) is 2.86. The minimum Gasteiger partial charge on any atom is -0.493 e. The smallest absolute Gasteiger partial charge is 0.242 e. The molecule has 6 nitrogen and oxygen atoms in total. The molecule has 1 atom stereocenters. The molecule has 0 aromatic heterocycles. The molecule has 34 heavy (non-hydrogen) atoms. The van der Waals surface area contributed by atoms with Gasteiger partial charge in [0.2, 0.25) is 11.8 Å². The highest BCUT2D eigenvalue weighted by molar-refractivity contribution is 9.10. The first-order chi connectivity index (χ1) is 16.4. The molecule has 0 aliphatic heterocycles. The van der Waals surface area contributed by atoms with Gasteiger partial charge in [-0.3, -0.25) is 9.59 Å². The minimum atomic E-state index is -0.552. The number of aryl methyl sites for hydroxylation is 1. The van der Waals surface area contributed by atoms with Crippen LogP contribution in [-0.4, -0.2) is 43.0 Å². The first-order valence-corrected chi connectivity index (χ1v) is 12.8. The summed E-state index contributed by atoms with van der Waals surface area (Å²) in [7, 11) is 3.19. The third kappa shape index (κ3) is 7.23. The van der Waals surface area contributed by atoms with Gasteiger partial charge in [-0.15, -0.1) is 0 Å². The van der Waals surface area contributed by atoms with E-state index >= 15 is 0 Å². The number of carbonyl (C=O) groups is 2. The lowest BCUT2D eigenvalue weighted by atomic mass is 9.95. The van der Waals surface area contributed by atoms with E-state index in [2.05, 4.69) is 21.2 Å². The highest BCUT2D eigenvalue weighted by Gasteiger charge is 2.28. The summed E-state index contributed by atoms with van der Waals surface area (Å²) in [6.07, 6.45) is 6.39. The molecule has 1 N–H and O–H groups in total. The molecule has 3 rings (SSSR count). The molecule has 1 aliphatic rings. The summed E-state index contributed by atoms with van der Waals surface area (Å²) in [5.41, 5.74) is 1.97. The monoisotopic (exact) mass is 530 g/mol. The fraction of sp³-hybridized carbons (Fsp3) is 0.481. The molecule has 7 heteroatoms. The maximum Gasteiger partial charge on any atom is 0.242 e. The Morgan fingerprint density at radius 2 is 1.65 bits per heavy atom. The lowest BCUT2D eigenvalue weighted by Gasteiger charge is -2.31. The van der Waals surface area contributed by atoms with Gasteiger partial charge in [0, 0.05) is 23.5 Å². The van der Waals surface area contributed by atoms with Crippen LogP contribution in [-0.2, 0) is 22.6 Å². The molecule has 0 spiro atoms. The Balaban J connectivity index is 1.71. The van der Waals surface area contributed by atoms with E-state index in [1.807, 2.05) is 49.4 Å². The van der Waals surface area contributed by atoms with Gasteiger partial charge in [-0.1, -0.05) is 53.4 Å². The van der Waals surface area contributed by atoms with Crippen LogP contribution in [0.5, 0.6) is 11.5 Å². The van der Waals surface area contributed by atoms with Gasteiger partial charge < -0.3 is 19.7 Å². The van der Waals surface area contributed by atoms with E-state index < -0.39 is 6.04 Å². The van der Waals surface area contributed by atoms with Gasteiger partial charge in [0.1, 0.15) is 6.04 Å². The van der Waals surface area contributed by atoms with Crippen molar-refractivity contribution in [2.45, 2.75) is 70.5 Å². The standard InChI is InChI=1S/C27H35BrN2O4/c1-19(27(32)29-23-7-5-4-6-8-23)30(18-21-9-13-22(28)14-10-21)26(31)16-12-20-11-15-24(33-2)25(17-20)34-3/h9-11,13-15,17,19,23H,4-8,12,16,18H2,1-3H3,(H,29,32)/t19-/m1/s1. The van der Waals surface area contributed by atoms with Crippen molar-refractivity contribution in [3.63, 3.8) is 0 Å². The Morgan fingerprint density at radius 1 is 1.00 bits per heavy atom. The molecule has 0 unspecified atom stereocenters. The second-order valence-electron chi connectivity index (χ2n) is 8.86. The molecule has 0 radical (unpaired) electrons. The zero-order valence-corrected chi connectivity index (χ0v) is 21.9. The minimum absolute atomic E-state index is 0.0519. The molecule has 1 aliphatic carbocycles. The maximum atomic E-state index is 13.4. The Bertz CT molecular complexity index is 958. The van der Waals surface area contributed by atoms with E-state index in [0.29, 0.717) is 30.9 Å². The normalized spacial score (nSPS) is 14.8. The van der Waals surface area contributed by atoms with Crippen LogP contribution < -0.4 is 14.8 Å². The van der Waals surface area contributed by atoms with Gasteiger partial charge in [0.15, 0.2) is 11.5 Å². The zero-order chi connectivity index (χ0) is 24.5. The number of nitrogens with zero attached hydrogens (tertiary/aromatic N) is 1. The number of nitrogens with one attached hydrogen (secondary N) is 1. The fourth-order valence-corrected chi connectivity index (χ4v) is 4.63. The Labute approximate surface area is 211 Å². The van der Waals surface area contributed by atoms with E-state index in [-0.39, 0.29) is 17.9 Å². The third-order valence-corrected chi connectivity index (χ3v) is 6.99. The molecule has 0 bridgehead atoms.